The van der Waals surface area contributed by atoms with Gasteiger partial charge < -0.3 is 14.7 Å². The second-order valence-electron chi connectivity index (χ2n) is 7.13. The predicted molar refractivity (Wildman–Crippen MR) is 93.1 cm³/mol. The number of hydrogen-bond donors (Lipinski definition) is 0. The van der Waals surface area contributed by atoms with E-state index in [-0.39, 0.29) is 5.91 Å². The molecule has 2 amide bonds. The van der Waals surface area contributed by atoms with E-state index in [2.05, 4.69) is 4.90 Å². The molecule has 0 atom stereocenters. The zero-order valence-corrected chi connectivity index (χ0v) is 14.1. The number of piperazine rings is 1. The van der Waals surface area contributed by atoms with E-state index in [9.17, 15) is 9.59 Å². The number of likely N-dealkylation sites (tertiary alicyclic amines) is 1. The van der Waals surface area contributed by atoms with Crippen LogP contribution in [0, 0.1) is 5.92 Å². The SMILES string of the molecule is O=C(c1ccc(N2CCN(C(=O)C3CC3)CC2)cc1)N1CCCC1. The molecule has 5 nitrogen and oxygen atoms in total. The number of nitrogens with zero attached hydrogens (tertiary/aromatic N) is 3. The molecule has 0 aromatic heterocycles. The first-order valence-electron chi connectivity index (χ1n) is 9.15. The summed E-state index contributed by atoms with van der Waals surface area (Å²) in [4.78, 5) is 30.8. The maximum absolute atomic E-state index is 12.4. The summed E-state index contributed by atoms with van der Waals surface area (Å²) in [6.07, 6.45) is 4.39. The highest BCUT2D eigenvalue weighted by Crippen LogP contribution is 2.31. The number of amides is 2. The lowest BCUT2D eigenvalue weighted by Crippen LogP contribution is -2.49. The summed E-state index contributed by atoms with van der Waals surface area (Å²) in [5, 5.41) is 0. The molecule has 4 rings (SSSR count). The Bertz CT molecular complexity index is 610. The summed E-state index contributed by atoms with van der Waals surface area (Å²) in [6.45, 7) is 5.14. The molecular weight excluding hydrogens is 302 g/mol. The Balaban J connectivity index is 1.35. The largest absolute Gasteiger partial charge is 0.368 e. The van der Waals surface area contributed by atoms with Gasteiger partial charge in [0.05, 0.1) is 0 Å². The number of carbonyl (C=O) groups excluding carboxylic acids is 2. The molecule has 1 saturated carbocycles. The van der Waals surface area contributed by atoms with Crippen molar-refractivity contribution in [2.75, 3.05) is 44.2 Å². The van der Waals surface area contributed by atoms with E-state index in [1.807, 2.05) is 34.1 Å². The smallest absolute Gasteiger partial charge is 0.253 e. The molecule has 24 heavy (non-hydrogen) atoms. The van der Waals surface area contributed by atoms with Crippen molar-refractivity contribution >= 4 is 17.5 Å². The lowest BCUT2D eigenvalue weighted by molar-refractivity contribution is -0.132. The Morgan fingerprint density at radius 3 is 2.00 bits per heavy atom. The Kier molecular flexibility index (Phi) is 4.17. The van der Waals surface area contributed by atoms with Crippen LogP contribution in [-0.4, -0.2) is 60.9 Å². The monoisotopic (exact) mass is 327 g/mol. The van der Waals surface area contributed by atoms with E-state index in [1.165, 1.54) is 0 Å². The van der Waals surface area contributed by atoms with Gasteiger partial charge in [-0.2, -0.15) is 0 Å². The number of rotatable bonds is 3. The number of benzene rings is 1. The first kappa shape index (κ1) is 15.5. The van der Waals surface area contributed by atoms with Crippen molar-refractivity contribution in [1.29, 1.82) is 0 Å². The third-order valence-corrected chi connectivity index (χ3v) is 5.39. The van der Waals surface area contributed by atoms with Crippen molar-refractivity contribution in [3.8, 4) is 0 Å². The third-order valence-electron chi connectivity index (χ3n) is 5.39. The standard InChI is InChI=1S/C19H25N3O2/c23-18(21-9-1-2-10-21)16-5-7-17(8-6-16)20-11-13-22(14-12-20)19(24)15-3-4-15/h5-8,15H,1-4,9-14H2. The topological polar surface area (TPSA) is 43.9 Å². The van der Waals surface area contributed by atoms with Crippen LogP contribution in [0.25, 0.3) is 0 Å². The fraction of sp³-hybridized carbons (Fsp3) is 0.579. The van der Waals surface area contributed by atoms with E-state index < -0.39 is 0 Å². The molecule has 0 spiro atoms. The number of hydrogen-bond acceptors (Lipinski definition) is 3. The molecule has 3 fully saturated rings. The molecule has 128 valence electrons. The van der Waals surface area contributed by atoms with Crippen LogP contribution < -0.4 is 4.90 Å². The minimum absolute atomic E-state index is 0.152. The van der Waals surface area contributed by atoms with Crippen molar-refractivity contribution in [3.63, 3.8) is 0 Å². The lowest BCUT2D eigenvalue weighted by Gasteiger charge is -2.36. The summed E-state index contributed by atoms with van der Waals surface area (Å²) in [5.41, 5.74) is 1.93. The van der Waals surface area contributed by atoms with Crippen LogP contribution in [-0.2, 0) is 4.79 Å². The summed E-state index contributed by atoms with van der Waals surface area (Å²) in [6, 6.07) is 7.97. The average Bonchev–Trinajstić information content (AvgIpc) is 3.35. The highest BCUT2D eigenvalue weighted by molar-refractivity contribution is 5.94. The second kappa shape index (κ2) is 6.46. The summed E-state index contributed by atoms with van der Waals surface area (Å²) < 4.78 is 0. The molecule has 0 unspecified atom stereocenters. The molecule has 2 heterocycles. The van der Waals surface area contributed by atoms with Crippen LogP contribution in [0.5, 0.6) is 0 Å². The molecule has 1 aromatic carbocycles. The van der Waals surface area contributed by atoms with E-state index >= 15 is 0 Å². The Morgan fingerprint density at radius 1 is 0.792 bits per heavy atom. The maximum atomic E-state index is 12.4. The van der Waals surface area contributed by atoms with Gasteiger partial charge in [0.1, 0.15) is 0 Å². The lowest BCUT2D eigenvalue weighted by atomic mass is 10.1. The first-order valence-corrected chi connectivity index (χ1v) is 9.15. The Morgan fingerprint density at radius 2 is 1.42 bits per heavy atom. The van der Waals surface area contributed by atoms with E-state index in [1.54, 1.807) is 0 Å². The Hall–Kier alpha value is -2.04. The summed E-state index contributed by atoms with van der Waals surface area (Å²) in [5.74, 6) is 0.813. The van der Waals surface area contributed by atoms with Crippen LogP contribution >= 0.6 is 0 Å². The number of carbonyl (C=O) groups is 2. The average molecular weight is 327 g/mol. The second-order valence-corrected chi connectivity index (χ2v) is 7.13. The van der Waals surface area contributed by atoms with Gasteiger partial charge in [-0.1, -0.05) is 0 Å². The summed E-state index contributed by atoms with van der Waals surface area (Å²) in [7, 11) is 0. The molecule has 0 radical (unpaired) electrons. The van der Waals surface area contributed by atoms with Gasteiger partial charge in [-0.15, -0.1) is 0 Å². The highest BCUT2D eigenvalue weighted by Gasteiger charge is 2.34. The van der Waals surface area contributed by atoms with Gasteiger partial charge >= 0.3 is 0 Å². The molecule has 3 aliphatic rings. The van der Waals surface area contributed by atoms with Crippen LogP contribution in [0.15, 0.2) is 24.3 Å². The van der Waals surface area contributed by atoms with Gasteiger partial charge in [-0.05, 0) is 49.9 Å². The molecule has 2 saturated heterocycles. The van der Waals surface area contributed by atoms with Crippen molar-refractivity contribution in [1.82, 2.24) is 9.80 Å². The zero-order valence-electron chi connectivity index (χ0n) is 14.1. The molecule has 5 heteroatoms. The van der Waals surface area contributed by atoms with Gasteiger partial charge in [-0.3, -0.25) is 9.59 Å². The van der Waals surface area contributed by atoms with Crippen LogP contribution in [0.2, 0.25) is 0 Å². The predicted octanol–water partition coefficient (Wildman–Crippen LogP) is 1.98. The van der Waals surface area contributed by atoms with Crippen molar-refractivity contribution in [2.45, 2.75) is 25.7 Å². The van der Waals surface area contributed by atoms with Crippen molar-refractivity contribution < 1.29 is 9.59 Å². The molecule has 2 aliphatic heterocycles. The van der Waals surface area contributed by atoms with Crippen LogP contribution in [0.3, 0.4) is 0 Å². The van der Waals surface area contributed by atoms with Crippen molar-refractivity contribution in [3.05, 3.63) is 29.8 Å². The first-order chi connectivity index (χ1) is 11.7. The molecule has 1 aliphatic carbocycles. The molecule has 1 aromatic rings. The molecular formula is C19H25N3O2. The minimum Gasteiger partial charge on any atom is -0.368 e. The van der Waals surface area contributed by atoms with Gasteiger partial charge in [0.25, 0.3) is 5.91 Å². The normalized spacial score (nSPS) is 21.2. The van der Waals surface area contributed by atoms with Crippen LogP contribution in [0.1, 0.15) is 36.0 Å². The van der Waals surface area contributed by atoms with Gasteiger partial charge in [0, 0.05) is 56.4 Å². The maximum Gasteiger partial charge on any atom is 0.253 e. The zero-order chi connectivity index (χ0) is 16.5. The van der Waals surface area contributed by atoms with E-state index in [0.717, 1.165) is 76.2 Å². The third kappa shape index (κ3) is 3.12. The Labute approximate surface area is 143 Å². The number of anilines is 1. The minimum atomic E-state index is 0.152. The van der Waals surface area contributed by atoms with Crippen LogP contribution in [0.4, 0.5) is 5.69 Å². The van der Waals surface area contributed by atoms with E-state index in [0.29, 0.717) is 11.8 Å². The molecule has 0 N–H and O–H groups in total. The van der Waals surface area contributed by atoms with Gasteiger partial charge in [0.15, 0.2) is 0 Å². The highest BCUT2D eigenvalue weighted by atomic mass is 16.2. The quantitative estimate of drug-likeness (QED) is 0.853. The van der Waals surface area contributed by atoms with Crippen molar-refractivity contribution in [2.24, 2.45) is 5.92 Å². The summed E-state index contributed by atoms with van der Waals surface area (Å²) >= 11 is 0. The molecule has 0 bridgehead atoms. The van der Waals surface area contributed by atoms with Gasteiger partial charge in [0.2, 0.25) is 5.91 Å². The fourth-order valence-corrected chi connectivity index (χ4v) is 3.69. The van der Waals surface area contributed by atoms with Gasteiger partial charge in [-0.25, -0.2) is 0 Å². The van der Waals surface area contributed by atoms with E-state index in [4.69, 9.17) is 0 Å². The fourth-order valence-electron chi connectivity index (χ4n) is 3.69.